The fourth-order valence-electron chi connectivity index (χ4n) is 2.33. The fourth-order valence-corrected chi connectivity index (χ4v) is 2.33. The number of benzene rings is 2. The Hall–Kier alpha value is -3.15. The van der Waals surface area contributed by atoms with Gasteiger partial charge >= 0.3 is 11.9 Å². The van der Waals surface area contributed by atoms with E-state index in [1.165, 1.54) is 4.90 Å². The summed E-state index contributed by atoms with van der Waals surface area (Å²) < 4.78 is 9.52. The van der Waals surface area contributed by atoms with Crippen molar-refractivity contribution in [3.63, 3.8) is 0 Å². The third kappa shape index (κ3) is 4.23. The first-order valence-corrected chi connectivity index (χ1v) is 7.78. The summed E-state index contributed by atoms with van der Waals surface area (Å²) in [6.07, 6.45) is 0. The maximum Gasteiger partial charge on any atom is 0.330 e. The molecule has 0 saturated carbocycles. The Balaban J connectivity index is 2.49. The van der Waals surface area contributed by atoms with Crippen LogP contribution in [0.4, 0.5) is 11.4 Å². The molecule has 1 atom stereocenters. The van der Waals surface area contributed by atoms with Gasteiger partial charge in [0.2, 0.25) is 5.92 Å². The van der Waals surface area contributed by atoms with Gasteiger partial charge in [0.1, 0.15) is 0 Å². The van der Waals surface area contributed by atoms with Crippen molar-refractivity contribution in [2.24, 2.45) is 5.92 Å². The van der Waals surface area contributed by atoms with Gasteiger partial charge in [0.05, 0.1) is 13.7 Å². The average Bonchev–Trinajstić information content (AvgIpc) is 2.64. The van der Waals surface area contributed by atoms with E-state index < -0.39 is 23.8 Å². The molecule has 0 aliphatic heterocycles. The number of hydrogen-bond acceptors (Lipinski definition) is 5. The second kappa shape index (κ2) is 8.63. The molecule has 0 fully saturated rings. The molecule has 0 spiro atoms. The highest BCUT2D eigenvalue weighted by atomic mass is 16.5. The van der Waals surface area contributed by atoms with Crippen LogP contribution in [-0.4, -0.2) is 31.6 Å². The molecular weight excluding hydrogens is 322 g/mol. The van der Waals surface area contributed by atoms with E-state index in [0.29, 0.717) is 11.4 Å². The number of anilines is 2. The molecule has 2 aromatic carbocycles. The van der Waals surface area contributed by atoms with Crippen LogP contribution in [0.3, 0.4) is 0 Å². The predicted octanol–water partition coefficient (Wildman–Crippen LogP) is 2.70. The summed E-state index contributed by atoms with van der Waals surface area (Å²) in [4.78, 5) is 38.6. The molecule has 0 N–H and O–H groups in total. The van der Waals surface area contributed by atoms with Gasteiger partial charge in [-0.05, 0) is 31.2 Å². The standard InChI is InChI=1S/C19H19NO5/c1-3-25-19(23)16(18(22)24-2)17(21)20(14-10-6-4-7-11-14)15-12-8-5-9-13-15/h4-13,16H,3H2,1-2H3. The molecule has 0 bridgehead atoms. The summed E-state index contributed by atoms with van der Waals surface area (Å²) in [5.74, 6) is -4.32. The maximum atomic E-state index is 13.1. The second-order valence-corrected chi connectivity index (χ2v) is 5.05. The number of carbonyl (C=O) groups is 3. The van der Waals surface area contributed by atoms with Gasteiger partial charge < -0.3 is 9.47 Å². The molecule has 0 aromatic heterocycles. The Labute approximate surface area is 146 Å². The van der Waals surface area contributed by atoms with E-state index in [1.807, 2.05) is 0 Å². The number of methoxy groups -OCH3 is 1. The number of nitrogens with zero attached hydrogens (tertiary/aromatic N) is 1. The Morgan fingerprint density at radius 1 is 0.880 bits per heavy atom. The second-order valence-electron chi connectivity index (χ2n) is 5.05. The summed E-state index contributed by atoms with van der Waals surface area (Å²) >= 11 is 0. The lowest BCUT2D eigenvalue weighted by Gasteiger charge is -2.25. The van der Waals surface area contributed by atoms with E-state index in [0.717, 1.165) is 7.11 Å². The van der Waals surface area contributed by atoms with Gasteiger partial charge in [0.15, 0.2) is 0 Å². The first-order valence-electron chi connectivity index (χ1n) is 7.78. The number of hydrogen-bond donors (Lipinski definition) is 0. The first-order chi connectivity index (χ1) is 12.1. The summed E-state index contributed by atoms with van der Waals surface area (Å²) in [6, 6.07) is 17.5. The molecule has 0 radical (unpaired) electrons. The average molecular weight is 341 g/mol. The maximum absolute atomic E-state index is 13.1. The Morgan fingerprint density at radius 2 is 1.36 bits per heavy atom. The van der Waals surface area contributed by atoms with Gasteiger partial charge in [-0.3, -0.25) is 19.3 Å². The minimum Gasteiger partial charge on any atom is -0.468 e. The minimum atomic E-state index is -1.69. The van der Waals surface area contributed by atoms with Gasteiger partial charge in [-0.1, -0.05) is 36.4 Å². The van der Waals surface area contributed by atoms with Crippen molar-refractivity contribution in [2.45, 2.75) is 6.92 Å². The molecule has 2 aromatic rings. The van der Waals surface area contributed by atoms with E-state index in [9.17, 15) is 14.4 Å². The van der Waals surface area contributed by atoms with Gasteiger partial charge in [-0.25, -0.2) is 0 Å². The van der Waals surface area contributed by atoms with Gasteiger partial charge in [0.25, 0.3) is 5.91 Å². The summed E-state index contributed by atoms with van der Waals surface area (Å²) in [7, 11) is 1.12. The highest BCUT2D eigenvalue weighted by Gasteiger charge is 2.40. The molecule has 2 rings (SSSR count). The smallest absolute Gasteiger partial charge is 0.330 e. The quantitative estimate of drug-likeness (QED) is 0.597. The number of carbonyl (C=O) groups excluding carboxylic acids is 3. The van der Waals surface area contributed by atoms with Gasteiger partial charge in [0, 0.05) is 11.4 Å². The SMILES string of the molecule is CCOC(=O)C(C(=O)OC)C(=O)N(c1ccccc1)c1ccccc1. The molecule has 0 aliphatic carbocycles. The number of para-hydroxylation sites is 2. The van der Waals surface area contributed by atoms with Crippen molar-refractivity contribution in [1.29, 1.82) is 0 Å². The number of amides is 1. The summed E-state index contributed by atoms with van der Waals surface area (Å²) in [6.45, 7) is 1.65. The van der Waals surface area contributed by atoms with Crippen LogP contribution in [0.25, 0.3) is 0 Å². The summed E-state index contributed by atoms with van der Waals surface area (Å²) in [5, 5.41) is 0. The van der Waals surface area contributed by atoms with Crippen LogP contribution >= 0.6 is 0 Å². The van der Waals surface area contributed by atoms with E-state index in [4.69, 9.17) is 4.74 Å². The van der Waals surface area contributed by atoms with E-state index in [2.05, 4.69) is 4.74 Å². The molecule has 25 heavy (non-hydrogen) atoms. The number of rotatable bonds is 6. The molecule has 1 amide bonds. The van der Waals surface area contributed by atoms with E-state index in [1.54, 1.807) is 67.6 Å². The van der Waals surface area contributed by atoms with E-state index >= 15 is 0 Å². The molecule has 1 unspecified atom stereocenters. The Bertz CT molecular complexity index is 690. The lowest BCUT2D eigenvalue weighted by Crippen LogP contribution is -2.42. The third-order valence-electron chi connectivity index (χ3n) is 3.46. The van der Waals surface area contributed by atoms with Crippen LogP contribution in [0.15, 0.2) is 60.7 Å². The van der Waals surface area contributed by atoms with E-state index in [-0.39, 0.29) is 6.61 Å². The molecular formula is C19H19NO5. The van der Waals surface area contributed by atoms with Crippen molar-refractivity contribution in [1.82, 2.24) is 0 Å². The molecule has 130 valence electrons. The zero-order valence-electron chi connectivity index (χ0n) is 14.0. The number of esters is 2. The highest BCUT2D eigenvalue weighted by Crippen LogP contribution is 2.27. The molecule has 6 nitrogen and oxygen atoms in total. The van der Waals surface area contributed by atoms with Crippen LogP contribution in [0.1, 0.15) is 6.92 Å². The van der Waals surface area contributed by atoms with Crippen molar-refractivity contribution in [3.05, 3.63) is 60.7 Å². The van der Waals surface area contributed by atoms with Crippen LogP contribution in [0, 0.1) is 5.92 Å². The van der Waals surface area contributed by atoms with Crippen molar-refractivity contribution >= 4 is 29.2 Å². The lowest BCUT2D eigenvalue weighted by molar-refractivity contribution is -0.162. The normalized spacial score (nSPS) is 11.3. The van der Waals surface area contributed by atoms with Crippen molar-refractivity contribution in [3.8, 4) is 0 Å². The van der Waals surface area contributed by atoms with Crippen LogP contribution in [-0.2, 0) is 23.9 Å². The summed E-state index contributed by atoms with van der Waals surface area (Å²) in [5.41, 5.74) is 1.05. The highest BCUT2D eigenvalue weighted by molar-refractivity contribution is 6.21. The monoisotopic (exact) mass is 341 g/mol. The van der Waals surface area contributed by atoms with Crippen molar-refractivity contribution < 1.29 is 23.9 Å². The van der Waals surface area contributed by atoms with Gasteiger partial charge in [-0.2, -0.15) is 0 Å². The molecule has 0 saturated heterocycles. The molecule has 0 aliphatic rings. The predicted molar refractivity (Wildman–Crippen MR) is 92.2 cm³/mol. The number of ether oxygens (including phenoxy) is 2. The van der Waals surface area contributed by atoms with Crippen molar-refractivity contribution in [2.75, 3.05) is 18.6 Å². The van der Waals surface area contributed by atoms with Gasteiger partial charge in [-0.15, -0.1) is 0 Å². The third-order valence-corrected chi connectivity index (χ3v) is 3.46. The zero-order valence-corrected chi connectivity index (χ0v) is 14.0. The Morgan fingerprint density at radius 3 is 1.76 bits per heavy atom. The van der Waals surface area contributed by atoms with Crippen LogP contribution in [0.2, 0.25) is 0 Å². The fraction of sp³-hybridized carbons (Fsp3) is 0.211. The molecule has 6 heteroatoms. The Kier molecular flexibility index (Phi) is 6.28. The van der Waals surface area contributed by atoms with Crippen LogP contribution < -0.4 is 4.90 Å². The van der Waals surface area contributed by atoms with Crippen LogP contribution in [0.5, 0.6) is 0 Å². The minimum absolute atomic E-state index is 0.0519. The largest absolute Gasteiger partial charge is 0.468 e. The lowest BCUT2D eigenvalue weighted by atomic mass is 10.1. The first kappa shape index (κ1) is 18.2. The topological polar surface area (TPSA) is 72.9 Å². The zero-order chi connectivity index (χ0) is 18.2. The molecule has 0 heterocycles.